The maximum absolute atomic E-state index is 13.4. The van der Waals surface area contributed by atoms with Gasteiger partial charge >= 0.3 is 0 Å². The van der Waals surface area contributed by atoms with Gasteiger partial charge in [-0.15, -0.1) is 0 Å². The number of hydrogen-bond acceptors (Lipinski definition) is 4. The number of unbranched alkanes of at least 4 members (excludes halogenated alkanes) is 1. The largest absolute Gasteiger partial charge is 0.398 e. The van der Waals surface area contributed by atoms with Gasteiger partial charge in [-0.25, -0.2) is 0 Å². The Balaban J connectivity index is 1.80. The lowest BCUT2D eigenvalue weighted by atomic mass is 9.81. The number of rotatable bonds is 5. The Morgan fingerprint density at radius 1 is 0.867 bits per heavy atom. The summed E-state index contributed by atoms with van der Waals surface area (Å²) in [5.41, 5.74) is 10.3. The average Bonchev–Trinajstić information content (AvgIpc) is 2.76. The number of benzene rings is 3. The number of carbonyl (C=O) groups is 3. The molecule has 1 aliphatic carbocycles. The molecule has 0 spiro atoms. The van der Waals surface area contributed by atoms with Crippen molar-refractivity contribution in [1.82, 2.24) is 0 Å². The van der Waals surface area contributed by atoms with Crippen LogP contribution in [-0.2, 0) is 6.42 Å². The normalized spacial score (nSPS) is 12.5. The highest BCUT2D eigenvalue weighted by Crippen LogP contribution is 2.33. The van der Waals surface area contributed by atoms with E-state index in [9.17, 15) is 14.4 Å². The number of nitrogens with two attached hydrogens (primary N) is 1. The fraction of sp³-hybridized carbons (Fsp3) is 0.192. The van der Waals surface area contributed by atoms with Gasteiger partial charge in [0.1, 0.15) is 0 Å². The van der Waals surface area contributed by atoms with E-state index in [1.165, 1.54) is 0 Å². The van der Waals surface area contributed by atoms with E-state index in [1.807, 2.05) is 25.1 Å². The Kier molecular flexibility index (Phi) is 5.08. The number of fused-ring (bicyclic) bond motifs is 2. The molecule has 0 saturated carbocycles. The van der Waals surface area contributed by atoms with Crippen molar-refractivity contribution in [2.45, 2.75) is 33.1 Å². The second kappa shape index (κ2) is 7.71. The first-order valence-electron chi connectivity index (χ1n) is 10.2. The molecule has 0 bridgehead atoms. The van der Waals surface area contributed by atoms with Gasteiger partial charge in [-0.05, 0) is 49.1 Å². The molecule has 4 rings (SSSR count). The molecule has 0 amide bonds. The Hall–Kier alpha value is -3.53. The van der Waals surface area contributed by atoms with Gasteiger partial charge in [-0.1, -0.05) is 49.7 Å². The van der Waals surface area contributed by atoms with Crippen LogP contribution in [0.25, 0.3) is 0 Å². The minimum absolute atomic E-state index is 0.0729. The van der Waals surface area contributed by atoms with Crippen molar-refractivity contribution in [2.24, 2.45) is 0 Å². The predicted molar refractivity (Wildman–Crippen MR) is 117 cm³/mol. The van der Waals surface area contributed by atoms with E-state index >= 15 is 0 Å². The zero-order chi connectivity index (χ0) is 21.4. The van der Waals surface area contributed by atoms with Gasteiger partial charge in [0.25, 0.3) is 0 Å². The minimum atomic E-state index is -0.319. The summed E-state index contributed by atoms with van der Waals surface area (Å²) in [5, 5.41) is 0. The zero-order valence-electron chi connectivity index (χ0n) is 17.1. The second-order valence-electron chi connectivity index (χ2n) is 7.74. The van der Waals surface area contributed by atoms with Gasteiger partial charge in [0.2, 0.25) is 0 Å². The average molecular weight is 397 g/mol. The molecule has 3 aromatic rings. The van der Waals surface area contributed by atoms with Crippen molar-refractivity contribution in [3.8, 4) is 0 Å². The van der Waals surface area contributed by atoms with Crippen molar-refractivity contribution in [3.63, 3.8) is 0 Å². The molecule has 4 heteroatoms. The molecule has 0 fully saturated rings. The van der Waals surface area contributed by atoms with Crippen LogP contribution in [0.4, 0.5) is 5.69 Å². The third-order valence-corrected chi connectivity index (χ3v) is 5.74. The van der Waals surface area contributed by atoms with E-state index in [0.29, 0.717) is 16.7 Å². The summed E-state index contributed by atoms with van der Waals surface area (Å²) in [7, 11) is 0. The highest BCUT2D eigenvalue weighted by Gasteiger charge is 2.33. The molecule has 0 aromatic heterocycles. The fourth-order valence-corrected chi connectivity index (χ4v) is 4.01. The van der Waals surface area contributed by atoms with E-state index in [0.717, 1.165) is 30.4 Å². The van der Waals surface area contributed by atoms with Gasteiger partial charge in [-0.2, -0.15) is 0 Å². The van der Waals surface area contributed by atoms with Crippen molar-refractivity contribution in [3.05, 3.63) is 99.1 Å². The Labute approximate surface area is 175 Å². The topological polar surface area (TPSA) is 77.2 Å². The van der Waals surface area contributed by atoms with E-state index in [4.69, 9.17) is 5.73 Å². The summed E-state index contributed by atoms with van der Waals surface area (Å²) >= 11 is 0. The molecule has 0 radical (unpaired) electrons. The summed E-state index contributed by atoms with van der Waals surface area (Å²) in [6.07, 6.45) is 3.03. The van der Waals surface area contributed by atoms with Crippen molar-refractivity contribution >= 4 is 23.0 Å². The highest BCUT2D eigenvalue weighted by atomic mass is 16.1. The van der Waals surface area contributed by atoms with E-state index in [1.54, 1.807) is 36.4 Å². The first-order chi connectivity index (χ1) is 14.4. The van der Waals surface area contributed by atoms with Gasteiger partial charge in [0.05, 0.1) is 11.3 Å². The van der Waals surface area contributed by atoms with Gasteiger partial charge < -0.3 is 5.73 Å². The molecular weight excluding hydrogens is 374 g/mol. The summed E-state index contributed by atoms with van der Waals surface area (Å²) in [6, 6.07) is 15.7. The lowest BCUT2D eigenvalue weighted by Gasteiger charge is -2.20. The molecule has 4 nitrogen and oxygen atoms in total. The second-order valence-corrected chi connectivity index (χ2v) is 7.74. The summed E-state index contributed by atoms with van der Waals surface area (Å²) in [6.45, 7) is 4.01. The SMILES string of the molecule is CCCCc1ccc(C)c(C(=O)c2ccc3c(c2N)C(=O)c2ccccc2C3=O)c1. The smallest absolute Gasteiger partial charge is 0.196 e. The number of nitrogen functional groups attached to an aromatic ring is 1. The van der Waals surface area contributed by atoms with Crippen LogP contribution in [0.2, 0.25) is 0 Å². The molecule has 0 heterocycles. The predicted octanol–water partition coefficient (Wildman–Crippen LogP) is 4.93. The van der Waals surface area contributed by atoms with Crippen LogP contribution < -0.4 is 5.73 Å². The minimum Gasteiger partial charge on any atom is -0.398 e. The van der Waals surface area contributed by atoms with Crippen LogP contribution >= 0.6 is 0 Å². The van der Waals surface area contributed by atoms with E-state index in [-0.39, 0.29) is 39.7 Å². The van der Waals surface area contributed by atoms with Crippen molar-refractivity contribution in [2.75, 3.05) is 5.73 Å². The maximum Gasteiger partial charge on any atom is 0.196 e. The van der Waals surface area contributed by atoms with Crippen molar-refractivity contribution < 1.29 is 14.4 Å². The summed E-state index contributed by atoms with van der Waals surface area (Å²) < 4.78 is 0. The standard InChI is InChI=1S/C26H23NO3/c1-3-4-7-16-11-10-15(2)21(14-16)25(29)20-13-12-19-22(23(20)27)26(30)18-9-6-5-8-17(18)24(19)28/h5-6,8-14H,3-4,7,27H2,1-2H3. The molecule has 150 valence electrons. The quantitative estimate of drug-likeness (QED) is 0.383. The zero-order valence-corrected chi connectivity index (χ0v) is 17.1. The number of carbonyl (C=O) groups excluding carboxylic acids is 3. The van der Waals surface area contributed by atoms with Crippen LogP contribution in [0, 0.1) is 6.92 Å². The monoisotopic (exact) mass is 397 g/mol. The third kappa shape index (κ3) is 3.14. The molecule has 3 aromatic carbocycles. The number of hydrogen-bond donors (Lipinski definition) is 1. The lowest BCUT2D eigenvalue weighted by Crippen LogP contribution is -2.23. The molecule has 30 heavy (non-hydrogen) atoms. The van der Waals surface area contributed by atoms with Gasteiger partial charge in [-0.3, -0.25) is 14.4 Å². The fourth-order valence-electron chi connectivity index (χ4n) is 4.01. The molecule has 2 N–H and O–H groups in total. The first-order valence-corrected chi connectivity index (χ1v) is 10.2. The van der Waals surface area contributed by atoms with Gasteiger partial charge in [0.15, 0.2) is 17.3 Å². The van der Waals surface area contributed by atoms with Crippen LogP contribution in [-0.4, -0.2) is 17.3 Å². The molecule has 0 unspecified atom stereocenters. The Bertz CT molecular complexity index is 1210. The first kappa shape index (κ1) is 19.8. The summed E-state index contributed by atoms with van der Waals surface area (Å²) in [4.78, 5) is 39.3. The number of anilines is 1. The van der Waals surface area contributed by atoms with E-state index < -0.39 is 0 Å². The summed E-state index contributed by atoms with van der Waals surface area (Å²) in [5.74, 6) is -0.797. The lowest BCUT2D eigenvalue weighted by molar-refractivity contribution is 0.0979. The van der Waals surface area contributed by atoms with E-state index in [2.05, 4.69) is 6.92 Å². The molecule has 0 saturated heterocycles. The maximum atomic E-state index is 13.4. The van der Waals surface area contributed by atoms with Crippen LogP contribution in [0.15, 0.2) is 54.6 Å². The van der Waals surface area contributed by atoms with Crippen molar-refractivity contribution in [1.29, 1.82) is 0 Å². The highest BCUT2D eigenvalue weighted by molar-refractivity contribution is 6.31. The van der Waals surface area contributed by atoms with Gasteiger partial charge in [0, 0.05) is 27.8 Å². The Morgan fingerprint density at radius 2 is 1.57 bits per heavy atom. The van der Waals surface area contributed by atoms with Crippen LogP contribution in [0.1, 0.15) is 78.7 Å². The Morgan fingerprint density at radius 3 is 2.27 bits per heavy atom. The van der Waals surface area contributed by atoms with Crippen LogP contribution in [0.5, 0.6) is 0 Å². The number of aryl methyl sites for hydroxylation is 2. The number of ketones is 3. The molecule has 0 aliphatic heterocycles. The molecular formula is C26H23NO3. The van der Waals surface area contributed by atoms with Crippen LogP contribution in [0.3, 0.4) is 0 Å². The molecule has 1 aliphatic rings. The molecule has 0 atom stereocenters. The third-order valence-electron chi connectivity index (χ3n) is 5.74.